The largest absolute Gasteiger partial charge is 0.463 e. The molecule has 0 aliphatic rings. The van der Waals surface area contributed by atoms with Gasteiger partial charge in [-0.1, -0.05) is 0 Å². The summed E-state index contributed by atoms with van der Waals surface area (Å²) in [6.45, 7) is 3.46. The minimum atomic E-state index is -3.57. The summed E-state index contributed by atoms with van der Waals surface area (Å²) >= 11 is 5.63. The van der Waals surface area contributed by atoms with Crippen LogP contribution in [0.25, 0.3) is 0 Å². The molecule has 0 aromatic heterocycles. The van der Waals surface area contributed by atoms with Crippen LogP contribution in [-0.2, 0) is 23.6 Å². The van der Waals surface area contributed by atoms with Crippen molar-refractivity contribution in [3.05, 3.63) is 0 Å². The Labute approximate surface area is 130 Å². The van der Waals surface area contributed by atoms with Crippen molar-refractivity contribution >= 4 is 30.0 Å². The molecule has 0 saturated carbocycles. The minimum Gasteiger partial charge on any atom is -0.463 e. The second-order valence-electron chi connectivity index (χ2n) is 5.08. The molecule has 7 nitrogen and oxygen atoms in total. The van der Waals surface area contributed by atoms with Gasteiger partial charge in [-0.3, -0.25) is 19.7 Å². The van der Waals surface area contributed by atoms with Crippen LogP contribution in [0.4, 0.5) is 0 Å². The first-order valence-corrected chi connectivity index (χ1v) is 9.38. The van der Waals surface area contributed by atoms with Crippen LogP contribution < -0.4 is 5.50 Å². The van der Waals surface area contributed by atoms with Crippen LogP contribution in [-0.4, -0.2) is 41.9 Å². The van der Waals surface area contributed by atoms with Crippen LogP contribution in [0, 0.1) is 0 Å². The van der Waals surface area contributed by atoms with Gasteiger partial charge in [0.1, 0.15) is 0 Å². The number of carbonyl (C=O) groups excluding carboxylic acids is 2. The fraction of sp³-hybridized carbons (Fsp3) is 0.833. The van der Waals surface area contributed by atoms with Crippen LogP contribution in [0.5, 0.6) is 0 Å². The van der Waals surface area contributed by atoms with Crippen molar-refractivity contribution in [2.45, 2.75) is 52.7 Å². The lowest BCUT2D eigenvalue weighted by molar-refractivity contribution is -0.147. The third-order valence-corrected chi connectivity index (χ3v) is 4.08. The zero-order valence-electron chi connectivity index (χ0n) is 12.9. The van der Waals surface area contributed by atoms with Gasteiger partial charge in [-0.25, -0.2) is 4.67 Å². The summed E-state index contributed by atoms with van der Waals surface area (Å²) in [7, 11) is 0. The van der Waals surface area contributed by atoms with E-state index in [1.54, 1.807) is 27.7 Å². The average molecular weight is 343 g/mol. The monoisotopic (exact) mass is 342 g/mol. The third kappa shape index (κ3) is 10.7. The van der Waals surface area contributed by atoms with Crippen LogP contribution in [0.2, 0.25) is 0 Å². The van der Waals surface area contributed by atoms with Crippen molar-refractivity contribution in [1.29, 1.82) is 0 Å². The molecule has 0 bridgehead atoms. The predicted molar refractivity (Wildman–Crippen MR) is 80.9 cm³/mol. The van der Waals surface area contributed by atoms with Crippen molar-refractivity contribution in [2.75, 3.05) is 13.1 Å². The summed E-state index contributed by atoms with van der Waals surface area (Å²) in [6.07, 6.45) is -0.475. The first-order chi connectivity index (χ1) is 9.52. The first-order valence-electron chi connectivity index (χ1n) is 6.75. The molecule has 0 fully saturated rings. The maximum atomic E-state index is 11.7. The zero-order chi connectivity index (χ0) is 16.6. The molecular formula is C12H24ClN2O5P. The molecule has 0 spiro atoms. The van der Waals surface area contributed by atoms with E-state index < -0.39 is 18.7 Å². The molecule has 0 saturated heterocycles. The Balaban J connectivity index is 4.38. The number of carbonyl (C=O) groups is 2. The van der Waals surface area contributed by atoms with E-state index in [1.807, 2.05) is 0 Å². The van der Waals surface area contributed by atoms with E-state index in [0.29, 0.717) is 0 Å². The molecule has 0 amide bonds. The normalized spacial score (nSPS) is 14.3. The Bertz CT molecular complexity index is 371. The molecule has 9 heteroatoms. The van der Waals surface area contributed by atoms with Gasteiger partial charge in [-0.15, -0.1) is 0 Å². The Morgan fingerprint density at radius 1 is 1.05 bits per heavy atom. The summed E-state index contributed by atoms with van der Waals surface area (Å²) < 4.78 is 22.9. The summed E-state index contributed by atoms with van der Waals surface area (Å²) in [6, 6.07) is 0. The number of rotatable bonds is 9. The lowest BCUT2D eigenvalue weighted by Crippen LogP contribution is -2.29. The van der Waals surface area contributed by atoms with E-state index in [4.69, 9.17) is 26.2 Å². The van der Waals surface area contributed by atoms with E-state index in [0.717, 1.165) is 0 Å². The van der Waals surface area contributed by atoms with Gasteiger partial charge in [-0.2, -0.15) is 0 Å². The molecule has 0 aromatic carbocycles. The van der Waals surface area contributed by atoms with E-state index >= 15 is 0 Å². The van der Waals surface area contributed by atoms with E-state index in [-0.39, 0.29) is 38.1 Å². The van der Waals surface area contributed by atoms with Crippen LogP contribution in [0.15, 0.2) is 0 Å². The van der Waals surface area contributed by atoms with Gasteiger partial charge < -0.3 is 9.47 Å². The van der Waals surface area contributed by atoms with Gasteiger partial charge in [0.15, 0.2) is 0 Å². The fourth-order valence-corrected chi connectivity index (χ4v) is 2.67. The molecule has 0 radical (unpaired) electrons. The van der Waals surface area contributed by atoms with E-state index in [9.17, 15) is 14.2 Å². The highest BCUT2D eigenvalue weighted by Crippen LogP contribution is 2.46. The predicted octanol–water partition coefficient (Wildman–Crippen LogP) is 2.28. The molecule has 0 aliphatic carbocycles. The zero-order valence-corrected chi connectivity index (χ0v) is 14.5. The molecule has 124 valence electrons. The Hall–Kier alpha value is -0.620. The molecule has 0 rings (SSSR count). The number of nitrogens with two attached hydrogens (primary N) is 1. The smallest absolute Gasteiger partial charge is 0.307 e. The number of halogens is 1. The van der Waals surface area contributed by atoms with Crippen LogP contribution in [0.3, 0.4) is 0 Å². The maximum absolute atomic E-state index is 11.7. The van der Waals surface area contributed by atoms with Gasteiger partial charge >= 0.3 is 11.9 Å². The summed E-state index contributed by atoms with van der Waals surface area (Å²) in [5.74, 6) is -0.880. The van der Waals surface area contributed by atoms with Crippen molar-refractivity contribution in [2.24, 2.45) is 5.50 Å². The Morgan fingerprint density at radius 2 is 1.38 bits per heavy atom. The molecule has 0 aromatic rings. The molecule has 0 aliphatic heterocycles. The fourth-order valence-electron chi connectivity index (χ4n) is 1.47. The summed E-state index contributed by atoms with van der Waals surface area (Å²) in [5, 5.41) is 0. The summed E-state index contributed by atoms with van der Waals surface area (Å²) in [5.41, 5.74) is 5.40. The van der Waals surface area contributed by atoms with Gasteiger partial charge in [0.05, 0.1) is 25.0 Å². The van der Waals surface area contributed by atoms with Gasteiger partial charge in [-0.05, 0) is 38.9 Å². The molecule has 0 heterocycles. The van der Waals surface area contributed by atoms with Crippen LogP contribution >= 0.6 is 18.0 Å². The third-order valence-electron chi connectivity index (χ3n) is 2.27. The number of ether oxygens (including phenoxy) is 2. The summed E-state index contributed by atoms with van der Waals surface area (Å²) in [4.78, 5) is 22.9. The topological polar surface area (TPSA) is 98.9 Å². The van der Waals surface area contributed by atoms with Crippen molar-refractivity contribution < 1.29 is 23.6 Å². The molecule has 1 atom stereocenters. The van der Waals surface area contributed by atoms with Gasteiger partial charge in [0.25, 0.3) is 6.80 Å². The van der Waals surface area contributed by atoms with Gasteiger partial charge in [0, 0.05) is 13.1 Å². The number of nitrogens with zero attached hydrogens (tertiary/aromatic N) is 1. The lowest BCUT2D eigenvalue weighted by atomic mass is 10.3. The molecule has 21 heavy (non-hydrogen) atoms. The number of esters is 2. The average Bonchev–Trinajstić information content (AvgIpc) is 2.24. The SMILES string of the molecule is CC(C)OC(=O)CCN(CCC(=O)OC(C)C)[P@@](N)(=O)Cl. The maximum Gasteiger partial charge on any atom is 0.307 e. The van der Waals surface area contributed by atoms with Crippen molar-refractivity contribution in [3.8, 4) is 0 Å². The number of hydrogen-bond donors (Lipinski definition) is 1. The van der Waals surface area contributed by atoms with Crippen molar-refractivity contribution in [1.82, 2.24) is 4.67 Å². The number of hydrogen-bond acceptors (Lipinski definition) is 5. The van der Waals surface area contributed by atoms with Crippen LogP contribution in [0.1, 0.15) is 40.5 Å². The van der Waals surface area contributed by atoms with E-state index in [2.05, 4.69) is 0 Å². The van der Waals surface area contributed by atoms with Crippen molar-refractivity contribution in [3.63, 3.8) is 0 Å². The standard InChI is InChI=1S/C12H24ClN2O5P/c1-9(2)19-11(16)5-7-15(21(13,14)18)8-6-12(17)20-10(3)4/h9-10H,5-8H2,1-4H3,(H2,14,18)/t21-/m1/s1. The quantitative estimate of drug-likeness (QED) is 0.507. The van der Waals surface area contributed by atoms with E-state index in [1.165, 1.54) is 4.67 Å². The molecule has 0 unspecified atom stereocenters. The molecule has 2 N–H and O–H groups in total. The minimum absolute atomic E-state index is 0.00861. The van der Waals surface area contributed by atoms with Gasteiger partial charge in [0.2, 0.25) is 0 Å². The lowest BCUT2D eigenvalue weighted by Gasteiger charge is -2.23. The highest BCUT2D eigenvalue weighted by atomic mass is 35.7. The second-order valence-corrected chi connectivity index (χ2v) is 8.18. The molecular weight excluding hydrogens is 319 g/mol. The second kappa shape index (κ2) is 9.41. The highest BCUT2D eigenvalue weighted by Gasteiger charge is 2.25. The Kier molecular flexibility index (Phi) is 9.13. The Morgan fingerprint density at radius 3 is 1.62 bits per heavy atom. The first kappa shape index (κ1) is 20.4. The highest BCUT2D eigenvalue weighted by molar-refractivity contribution is 7.85.